The van der Waals surface area contributed by atoms with Gasteiger partial charge in [-0.3, -0.25) is 0 Å². The van der Waals surface area contributed by atoms with Crippen molar-refractivity contribution in [2.24, 2.45) is 0 Å². The molecule has 4 heteroatoms. The minimum absolute atomic E-state index is 0.278. The van der Waals surface area contributed by atoms with Crippen molar-refractivity contribution in [3.05, 3.63) is 72.8 Å². The second kappa shape index (κ2) is 7.01. The molecule has 4 aromatic rings. The minimum Gasteiger partial charge on any atom is -0.507 e. The van der Waals surface area contributed by atoms with E-state index in [2.05, 4.69) is 0 Å². The molecule has 0 amide bonds. The molecule has 0 heterocycles. The van der Waals surface area contributed by atoms with E-state index in [1.165, 1.54) is 0 Å². The van der Waals surface area contributed by atoms with E-state index in [0.29, 0.717) is 5.69 Å². The number of anilines is 2. The van der Waals surface area contributed by atoms with E-state index in [1.54, 1.807) is 19.2 Å². The van der Waals surface area contributed by atoms with Crippen LogP contribution in [0.2, 0.25) is 0 Å². The highest BCUT2D eigenvalue weighted by Gasteiger charge is 2.01. The number of phenolic OH excluding ortho intramolecular Hbond substituents is 1. The number of phenols is 1. The summed E-state index contributed by atoms with van der Waals surface area (Å²) in [6, 6.07) is 22.5. The van der Waals surface area contributed by atoms with Crippen LogP contribution in [-0.4, -0.2) is 12.2 Å². The third-order valence-electron chi connectivity index (χ3n) is 4.07. The van der Waals surface area contributed by atoms with Crippen LogP contribution in [-0.2, 0) is 0 Å². The molecule has 0 bridgehead atoms. The molecule has 0 unspecified atom stereocenters. The molecule has 0 aliphatic carbocycles. The molecule has 0 aliphatic heterocycles. The van der Waals surface area contributed by atoms with Gasteiger partial charge in [-0.1, -0.05) is 48.5 Å². The van der Waals surface area contributed by atoms with Gasteiger partial charge in [-0.15, -0.1) is 0 Å². The smallest absolute Gasteiger partial charge is 0.126 e. The molecule has 0 radical (unpaired) electrons. The summed E-state index contributed by atoms with van der Waals surface area (Å²) in [5, 5.41) is 13.2. The van der Waals surface area contributed by atoms with Crippen LogP contribution in [0.5, 0.6) is 11.5 Å². The van der Waals surface area contributed by atoms with Crippen LogP contribution >= 0.6 is 0 Å². The number of fused-ring (bicyclic) bond motifs is 2. The van der Waals surface area contributed by atoms with Crippen molar-refractivity contribution in [1.82, 2.24) is 0 Å². The number of rotatable bonds is 1. The molecule has 0 saturated heterocycles. The summed E-state index contributed by atoms with van der Waals surface area (Å²) in [6.07, 6.45) is 0. The fraction of sp³-hybridized carbons (Fsp3) is 0.0476. The fourth-order valence-electron chi connectivity index (χ4n) is 2.80. The second-order valence-electron chi connectivity index (χ2n) is 5.62. The Bertz CT molecular complexity index is 987. The Morgan fingerprint density at radius 3 is 1.72 bits per heavy atom. The van der Waals surface area contributed by atoms with Gasteiger partial charge >= 0.3 is 0 Å². The Morgan fingerprint density at radius 2 is 1.12 bits per heavy atom. The average Bonchev–Trinajstić information content (AvgIpc) is 2.63. The van der Waals surface area contributed by atoms with Crippen molar-refractivity contribution in [2.75, 3.05) is 18.6 Å². The molecule has 0 atom stereocenters. The Balaban J connectivity index is 0.000000146. The van der Waals surface area contributed by atoms with E-state index < -0.39 is 0 Å². The van der Waals surface area contributed by atoms with Crippen LogP contribution in [0.3, 0.4) is 0 Å². The number of ether oxygens (including phenoxy) is 1. The Kier molecular flexibility index (Phi) is 4.61. The number of nitrogen functional groups attached to an aromatic ring is 2. The van der Waals surface area contributed by atoms with Crippen molar-refractivity contribution in [1.29, 1.82) is 0 Å². The molecule has 0 saturated carbocycles. The minimum atomic E-state index is 0.278. The van der Waals surface area contributed by atoms with Gasteiger partial charge in [-0.2, -0.15) is 0 Å². The topological polar surface area (TPSA) is 81.5 Å². The molecule has 0 fully saturated rings. The summed E-state index contributed by atoms with van der Waals surface area (Å²) in [5.74, 6) is 1.14. The quantitative estimate of drug-likeness (QED) is 0.446. The highest BCUT2D eigenvalue weighted by Crippen LogP contribution is 2.29. The lowest BCUT2D eigenvalue weighted by molar-refractivity contribution is 0.420. The van der Waals surface area contributed by atoms with Crippen LogP contribution < -0.4 is 16.2 Å². The molecule has 5 N–H and O–H groups in total. The lowest BCUT2D eigenvalue weighted by atomic mass is 10.1. The van der Waals surface area contributed by atoms with Gasteiger partial charge in [0.2, 0.25) is 0 Å². The Morgan fingerprint density at radius 1 is 0.640 bits per heavy atom. The molecule has 0 spiro atoms. The zero-order valence-electron chi connectivity index (χ0n) is 13.9. The number of hydrogen-bond donors (Lipinski definition) is 3. The van der Waals surface area contributed by atoms with E-state index in [-0.39, 0.29) is 5.75 Å². The van der Waals surface area contributed by atoms with E-state index in [9.17, 15) is 5.11 Å². The zero-order valence-corrected chi connectivity index (χ0v) is 13.9. The number of methoxy groups -OCH3 is 1. The van der Waals surface area contributed by atoms with Crippen molar-refractivity contribution < 1.29 is 9.84 Å². The standard InChI is InChI=1S/C11H11NO.C10H9NO/c1-13-11-7-3-4-8-9(11)5-2-6-10(8)12;11-9-5-1-4-8-7(9)3-2-6-10(8)12/h2-7H,12H2,1H3;1-6,12H,11H2. The molecule has 0 aromatic heterocycles. The molecule has 4 aromatic carbocycles. The number of nitrogens with two attached hydrogens (primary N) is 2. The predicted molar refractivity (Wildman–Crippen MR) is 105 cm³/mol. The summed E-state index contributed by atoms with van der Waals surface area (Å²) >= 11 is 0. The lowest BCUT2D eigenvalue weighted by Crippen LogP contribution is -1.89. The van der Waals surface area contributed by atoms with Crippen molar-refractivity contribution >= 4 is 32.9 Å². The number of benzene rings is 4. The lowest BCUT2D eigenvalue weighted by Gasteiger charge is -2.06. The number of hydrogen-bond acceptors (Lipinski definition) is 4. The van der Waals surface area contributed by atoms with Gasteiger partial charge in [0, 0.05) is 32.9 Å². The maximum atomic E-state index is 9.44. The first kappa shape index (κ1) is 16.5. The summed E-state index contributed by atoms with van der Waals surface area (Å²) < 4.78 is 5.23. The summed E-state index contributed by atoms with van der Waals surface area (Å²) in [4.78, 5) is 0. The molecular weight excluding hydrogens is 312 g/mol. The molecule has 25 heavy (non-hydrogen) atoms. The van der Waals surface area contributed by atoms with Crippen LogP contribution in [0.1, 0.15) is 0 Å². The van der Waals surface area contributed by atoms with Crippen molar-refractivity contribution in [3.8, 4) is 11.5 Å². The van der Waals surface area contributed by atoms with Gasteiger partial charge in [-0.25, -0.2) is 0 Å². The third-order valence-corrected chi connectivity index (χ3v) is 4.07. The van der Waals surface area contributed by atoms with Crippen LogP contribution in [0.4, 0.5) is 11.4 Å². The van der Waals surface area contributed by atoms with E-state index in [1.807, 2.05) is 60.7 Å². The molecule has 126 valence electrons. The largest absolute Gasteiger partial charge is 0.507 e. The van der Waals surface area contributed by atoms with Crippen LogP contribution in [0.15, 0.2) is 72.8 Å². The fourth-order valence-corrected chi connectivity index (χ4v) is 2.80. The maximum Gasteiger partial charge on any atom is 0.126 e. The molecular formula is C21H20N2O2. The van der Waals surface area contributed by atoms with Gasteiger partial charge < -0.3 is 21.3 Å². The maximum absolute atomic E-state index is 9.44. The highest BCUT2D eigenvalue weighted by molar-refractivity contribution is 5.97. The Hall–Kier alpha value is -3.40. The first-order valence-corrected chi connectivity index (χ1v) is 7.89. The average molecular weight is 332 g/mol. The molecule has 0 aliphatic rings. The zero-order chi connectivity index (χ0) is 17.8. The Labute approximate surface area is 146 Å². The van der Waals surface area contributed by atoms with Crippen molar-refractivity contribution in [2.45, 2.75) is 0 Å². The van der Waals surface area contributed by atoms with Gasteiger partial charge in [0.05, 0.1) is 7.11 Å². The highest BCUT2D eigenvalue weighted by atomic mass is 16.5. The molecule has 4 rings (SSSR count). The van der Waals surface area contributed by atoms with Gasteiger partial charge in [0.25, 0.3) is 0 Å². The summed E-state index contributed by atoms with van der Waals surface area (Å²) in [5.41, 5.74) is 13.0. The van der Waals surface area contributed by atoms with Gasteiger partial charge in [0.1, 0.15) is 11.5 Å². The summed E-state index contributed by atoms with van der Waals surface area (Å²) in [6.45, 7) is 0. The summed E-state index contributed by atoms with van der Waals surface area (Å²) in [7, 11) is 1.66. The SMILES string of the molecule is COc1cccc2c(N)cccc12.Nc1cccc2c(O)cccc12. The van der Waals surface area contributed by atoms with E-state index in [4.69, 9.17) is 16.2 Å². The second-order valence-corrected chi connectivity index (χ2v) is 5.62. The van der Waals surface area contributed by atoms with E-state index in [0.717, 1.165) is 33.0 Å². The molecule has 4 nitrogen and oxygen atoms in total. The van der Waals surface area contributed by atoms with Crippen LogP contribution in [0.25, 0.3) is 21.5 Å². The van der Waals surface area contributed by atoms with Gasteiger partial charge in [0.15, 0.2) is 0 Å². The van der Waals surface area contributed by atoms with Gasteiger partial charge in [-0.05, 0) is 24.3 Å². The first-order chi connectivity index (χ1) is 12.1. The van der Waals surface area contributed by atoms with Crippen molar-refractivity contribution in [3.63, 3.8) is 0 Å². The normalized spacial score (nSPS) is 10.3. The predicted octanol–water partition coefficient (Wildman–Crippen LogP) is 4.56. The van der Waals surface area contributed by atoms with Crippen LogP contribution in [0, 0.1) is 0 Å². The number of aromatic hydroxyl groups is 1. The first-order valence-electron chi connectivity index (χ1n) is 7.89. The monoisotopic (exact) mass is 332 g/mol. The third kappa shape index (κ3) is 3.28. The van der Waals surface area contributed by atoms with E-state index >= 15 is 0 Å².